The molecule has 0 spiro atoms. The highest BCUT2D eigenvalue weighted by Gasteiger charge is 2.43. The Morgan fingerprint density at radius 3 is 1.96 bits per heavy atom. The minimum absolute atomic E-state index is 0.144. The van der Waals surface area contributed by atoms with Crippen molar-refractivity contribution in [2.24, 2.45) is 0 Å². The lowest BCUT2D eigenvalue weighted by Crippen LogP contribution is -2.24. The van der Waals surface area contributed by atoms with Crippen molar-refractivity contribution < 1.29 is 34.1 Å². The number of hydrogen-bond acceptors (Lipinski definition) is 8. The number of carbonyl (C=O) groups is 3. The lowest BCUT2D eigenvalue weighted by Gasteiger charge is -2.18. The van der Waals surface area contributed by atoms with Crippen LogP contribution in [0.2, 0.25) is 0 Å². The minimum atomic E-state index is -1.97. The van der Waals surface area contributed by atoms with Crippen molar-refractivity contribution >= 4 is 29.1 Å². The molecule has 0 radical (unpaired) electrons. The Hall–Kier alpha value is -4.15. The molecule has 0 atom stereocenters. The predicted octanol–water partition coefficient (Wildman–Crippen LogP) is 2.34. The molecule has 0 heterocycles. The lowest BCUT2D eigenvalue weighted by molar-refractivity contribution is -0.390. The van der Waals surface area contributed by atoms with E-state index in [1.54, 1.807) is 0 Å². The monoisotopic (exact) mass is 358 g/mol. The van der Waals surface area contributed by atoms with Crippen LogP contribution in [-0.2, 0) is 0 Å². The van der Waals surface area contributed by atoms with Gasteiger partial charge in [0.05, 0.1) is 15.9 Å². The van der Waals surface area contributed by atoms with E-state index in [0.717, 1.165) is 0 Å². The molecule has 1 aliphatic rings. The fraction of sp³-hybridized carbons (Fsp3) is 0. The van der Waals surface area contributed by atoms with Crippen molar-refractivity contribution in [3.8, 4) is 5.75 Å². The molecule has 0 bridgehead atoms. The number of hydrogen-bond donors (Lipinski definition) is 1. The van der Waals surface area contributed by atoms with Crippen LogP contribution in [0.15, 0.2) is 30.3 Å². The summed E-state index contributed by atoms with van der Waals surface area (Å²) in [5.74, 6) is -2.99. The molecule has 0 aliphatic heterocycles. The van der Waals surface area contributed by atoms with Crippen LogP contribution in [0.25, 0.3) is 0 Å². The molecule has 3 rings (SSSR count). The summed E-state index contributed by atoms with van der Waals surface area (Å²) in [7, 11) is 0. The first kappa shape index (κ1) is 16.7. The molecule has 26 heavy (non-hydrogen) atoms. The zero-order chi connectivity index (χ0) is 19.2. The molecule has 11 heteroatoms. The first-order valence-corrected chi connectivity index (χ1v) is 6.83. The van der Waals surface area contributed by atoms with Crippen LogP contribution in [0.3, 0.4) is 0 Å². The van der Waals surface area contributed by atoms with Crippen LogP contribution in [0.1, 0.15) is 31.8 Å². The van der Waals surface area contributed by atoms with Gasteiger partial charge in [-0.2, -0.15) is 0 Å². The summed E-state index contributed by atoms with van der Waals surface area (Å²) in [6.45, 7) is 0. The smallest absolute Gasteiger partial charge is 0.449 e. The van der Waals surface area contributed by atoms with E-state index in [9.17, 15) is 34.6 Å². The number of nitrogens with zero attached hydrogens (tertiary/aromatic N) is 2. The fourth-order valence-corrected chi connectivity index (χ4v) is 2.73. The number of carbonyl (C=O) groups excluding carboxylic acids is 2. The van der Waals surface area contributed by atoms with Crippen LogP contribution >= 0.6 is 0 Å². The van der Waals surface area contributed by atoms with Crippen molar-refractivity contribution in [3.63, 3.8) is 0 Å². The Kier molecular flexibility index (Phi) is 3.68. The molecular formula is C15H6N2O9. The van der Waals surface area contributed by atoms with Crippen molar-refractivity contribution in [1.29, 1.82) is 0 Å². The van der Waals surface area contributed by atoms with Gasteiger partial charge in [0, 0.05) is 11.1 Å². The molecule has 2 aromatic rings. The van der Waals surface area contributed by atoms with Gasteiger partial charge in [0.25, 0.3) is 5.69 Å². The van der Waals surface area contributed by atoms with E-state index in [0.29, 0.717) is 6.07 Å². The Morgan fingerprint density at radius 1 is 0.962 bits per heavy atom. The zero-order valence-corrected chi connectivity index (χ0v) is 12.5. The molecule has 0 aromatic heterocycles. The average molecular weight is 358 g/mol. The number of fused-ring (bicyclic) bond motifs is 2. The van der Waals surface area contributed by atoms with Gasteiger partial charge in [-0.05, 0) is 0 Å². The van der Waals surface area contributed by atoms with Gasteiger partial charge >= 0.3 is 11.8 Å². The fourth-order valence-electron chi connectivity index (χ4n) is 2.73. The maximum atomic E-state index is 12.7. The number of rotatable bonds is 3. The molecule has 0 saturated carbocycles. The van der Waals surface area contributed by atoms with Crippen molar-refractivity contribution in [2.45, 2.75) is 0 Å². The van der Waals surface area contributed by atoms with E-state index in [2.05, 4.69) is 4.74 Å². The van der Waals surface area contributed by atoms with Crippen LogP contribution in [0.5, 0.6) is 5.75 Å². The zero-order valence-electron chi connectivity index (χ0n) is 12.5. The second-order valence-corrected chi connectivity index (χ2v) is 5.08. The third-order valence-corrected chi connectivity index (χ3v) is 3.69. The van der Waals surface area contributed by atoms with E-state index < -0.39 is 55.8 Å². The number of ketones is 2. The van der Waals surface area contributed by atoms with E-state index >= 15 is 0 Å². The van der Waals surface area contributed by atoms with Gasteiger partial charge in [0.1, 0.15) is 11.1 Å². The molecule has 0 unspecified atom stereocenters. The number of ether oxygens (including phenoxy) is 1. The van der Waals surface area contributed by atoms with Gasteiger partial charge in [-0.1, -0.05) is 24.3 Å². The van der Waals surface area contributed by atoms with E-state index in [1.165, 1.54) is 24.3 Å². The van der Waals surface area contributed by atoms with Crippen molar-refractivity contribution in [3.05, 3.63) is 72.8 Å². The van der Waals surface area contributed by atoms with Gasteiger partial charge in [0.2, 0.25) is 17.3 Å². The minimum Gasteiger partial charge on any atom is -0.449 e. The highest BCUT2D eigenvalue weighted by Crippen LogP contribution is 2.44. The molecule has 0 fully saturated rings. The Labute approximate surface area is 142 Å². The van der Waals surface area contributed by atoms with E-state index in [4.69, 9.17) is 5.11 Å². The molecule has 130 valence electrons. The SMILES string of the molecule is O=C(O)Oc1cc([N+](=O)[O-])c2c(c1[N+](=O)[O-])C(=O)c1ccccc1C2=O. The van der Waals surface area contributed by atoms with Crippen molar-refractivity contribution in [2.75, 3.05) is 0 Å². The molecule has 0 saturated heterocycles. The molecular weight excluding hydrogens is 352 g/mol. The Bertz CT molecular complexity index is 1040. The number of benzene rings is 2. The molecule has 11 nitrogen and oxygen atoms in total. The summed E-state index contributed by atoms with van der Waals surface area (Å²) in [5, 5.41) is 31.5. The largest absolute Gasteiger partial charge is 0.511 e. The number of nitro benzene ring substituents is 2. The van der Waals surface area contributed by atoms with Crippen LogP contribution in [0, 0.1) is 20.2 Å². The second kappa shape index (κ2) is 5.73. The second-order valence-electron chi connectivity index (χ2n) is 5.08. The molecule has 1 aliphatic carbocycles. The van der Waals surface area contributed by atoms with Gasteiger partial charge in [0.15, 0.2) is 0 Å². The van der Waals surface area contributed by atoms with Crippen LogP contribution in [0.4, 0.5) is 16.2 Å². The summed E-state index contributed by atoms with van der Waals surface area (Å²) < 4.78 is 4.24. The van der Waals surface area contributed by atoms with Gasteiger partial charge in [-0.25, -0.2) is 4.79 Å². The quantitative estimate of drug-likeness (QED) is 0.320. The van der Waals surface area contributed by atoms with Crippen LogP contribution < -0.4 is 4.74 Å². The highest BCUT2D eigenvalue weighted by atomic mass is 16.7. The van der Waals surface area contributed by atoms with Gasteiger partial charge in [-0.3, -0.25) is 29.8 Å². The van der Waals surface area contributed by atoms with Gasteiger partial charge < -0.3 is 9.84 Å². The first-order valence-electron chi connectivity index (χ1n) is 6.83. The van der Waals surface area contributed by atoms with E-state index in [1.807, 2.05) is 0 Å². The maximum Gasteiger partial charge on any atom is 0.511 e. The maximum absolute atomic E-state index is 12.7. The number of carboxylic acid groups (broad SMARTS) is 1. The highest BCUT2D eigenvalue weighted by molar-refractivity contribution is 6.31. The predicted molar refractivity (Wildman–Crippen MR) is 81.7 cm³/mol. The Balaban J connectivity index is 2.47. The summed E-state index contributed by atoms with van der Waals surface area (Å²) in [6.07, 6.45) is -1.97. The first-order chi connectivity index (χ1) is 12.2. The molecule has 0 amide bonds. The summed E-state index contributed by atoms with van der Waals surface area (Å²) in [4.78, 5) is 56.7. The topological polar surface area (TPSA) is 167 Å². The Morgan fingerprint density at radius 2 is 1.50 bits per heavy atom. The summed E-state index contributed by atoms with van der Waals surface area (Å²) >= 11 is 0. The normalized spacial score (nSPS) is 12.2. The summed E-state index contributed by atoms with van der Waals surface area (Å²) in [6, 6.07) is 5.78. The molecule has 1 N–H and O–H groups in total. The summed E-state index contributed by atoms with van der Waals surface area (Å²) in [5.41, 5.74) is -4.06. The van der Waals surface area contributed by atoms with Gasteiger partial charge in [-0.15, -0.1) is 0 Å². The average Bonchev–Trinajstić information content (AvgIpc) is 2.57. The van der Waals surface area contributed by atoms with E-state index in [-0.39, 0.29) is 11.1 Å². The lowest BCUT2D eigenvalue weighted by atomic mass is 9.82. The molecule has 2 aromatic carbocycles. The van der Waals surface area contributed by atoms with Crippen molar-refractivity contribution in [1.82, 2.24) is 0 Å². The number of nitro groups is 2. The van der Waals surface area contributed by atoms with Crippen LogP contribution in [-0.4, -0.2) is 32.7 Å². The third-order valence-electron chi connectivity index (χ3n) is 3.69. The standard InChI is InChI=1S/C15H6N2O9/c18-13-6-3-1-2-4-7(6)14(19)11-10(13)8(16(22)23)5-9(26-15(20)21)12(11)17(24)25/h1-5H,(H,20,21). The third kappa shape index (κ3) is 2.34.